The van der Waals surface area contributed by atoms with E-state index in [1.807, 2.05) is 0 Å². The molecule has 5 heteroatoms. The molecule has 0 heterocycles. The number of amides is 1. The Morgan fingerprint density at radius 3 is 2.77 bits per heavy atom. The molecule has 1 amide bonds. The lowest BCUT2D eigenvalue weighted by atomic mass is 10.2. The first kappa shape index (κ1) is 9.05. The minimum Gasteiger partial charge on any atom is -0.504 e. The summed E-state index contributed by atoms with van der Waals surface area (Å²) in [6, 6.07) is 4.12. The Morgan fingerprint density at radius 2 is 2.23 bits per heavy atom. The first-order chi connectivity index (χ1) is 6.16. The number of hydrogen-bond donors (Lipinski definition) is 2. The zero-order valence-corrected chi connectivity index (χ0v) is 6.56. The largest absolute Gasteiger partial charge is 0.504 e. The van der Waals surface area contributed by atoms with Gasteiger partial charge in [-0.1, -0.05) is 6.07 Å². The number of hydrogen-bond acceptors (Lipinski definition) is 4. The maximum Gasteiger partial charge on any atom is 0.298 e. The summed E-state index contributed by atoms with van der Waals surface area (Å²) in [6.07, 6.45) is 0. The van der Waals surface area contributed by atoms with Crippen molar-refractivity contribution >= 4 is 12.4 Å². The van der Waals surface area contributed by atoms with Crippen LogP contribution in [0.15, 0.2) is 18.2 Å². The van der Waals surface area contributed by atoms with Crippen LogP contribution in [0.25, 0.3) is 0 Å². The number of para-hydroxylation sites is 1. The summed E-state index contributed by atoms with van der Waals surface area (Å²) in [5.41, 5.74) is 4.85. The minimum atomic E-state index is -0.783. The van der Waals surface area contributed by atoms with Gasteiger partial charge in [0, 0.05) is 0 Å². The predicted molar refractivity (Wildman–Crippen MR) is 43.3 cm³/mol. The first-order valence-electron chi connectivity index (χ1n) is 3.39. The predicted octanol–water partition coefficient (Wildman–Crippen LogP) is 0.0263. The van der Waals surface area contributed by atoms with Gasteiger partial charge in [0.25, 0.3) is 12.4 Å². The number of benzene rings is 1. The molecule has 0 aromatic heterocycles. The molecule has 0 aliphatic rings. The fraction of sp³-hybridized carbons (Fsp3) is 0. The highest BCUT2D eigenvalue weighted by Crippen LogP contribution is 2.28. The number of carbonyl (C=O) groups is 2. The van der Waals surface area contributed by atoms with Crippen molar-refractivity contribution in [1.82, 2.24) is 0 Å². The molecule has 5 nitrogen and oxygen atoms in total. The van der Waals surface area contributed by atoms with Crippen molar-refractivity contribution in [3.8, 4) is 11.5 Å². The summed E-state index contributed by atoms with van der Waals surface area (Å²) in [6.45, 7) is 0.153. The van der Waals surface area contributed by atoms with E-state index in [1.165, 1.54) is 18.2 Å². The maximum absolute atomic E-state index is 10.7. The van der Waals surface area contributed by atoms with Crippen molar-refractivity contribution in [1.29, 1.82) is 0 Å². The van der Waals surface area contributed by atoms with Crippen molar-refractivity contribution in [3.63, 3.8) is 0 Å². The molecule has 0 aliphatic heterocycles. The van der Waals surface area contributed by atoms with Crippen molar-refractivity contribution in [2.24, 2.45) is 5.73 Å². The van der Waals surface area contributed by atoms with Gasteiger partial charge in [0.05, 0.1) is 5.56 Å². The van der Waals surface area contributed by atoms with Gasteiger partial charge in [-0.15, -0.1) is 0 Å². The van der Waals surface area contributed by atoms with Gasteiger partial charge in [-0.25, -0.2) is 0 Å². The number of ether oxygens (including phenoxy) is 1. The summed E-state index contributed by atoms with van der Waals surface area (Å²) >= 11 is 0. The van der Waals surface area contributed by atoms with Crippen LogP contribution in [0.2, 0.25) is 0 Å². The highest BCUT2D eigenvalue weighted by Gasteiger charge is 2.11. The quantitative estimate of drug-likeness (QED) is 0.643. The number of aromatic hydroxyl groups is 1. The van der Waals surface area contributed by atoms with E-state index in [4.69, 9.17) is 5.73 Å². The summed E-state index contributed by atoms with van der Waals surface area (Å²) in [5, 5.41) is 9.31. The molecule has 1 aromatic carbocycles. The van der Waals surface area contributed by atoms with Crippen LogP contribution in [-0.4, -0.2) is 17.5 Å². The van der Waals surface area contributed by atoms with Gasteiger partial charge < -0.3 is 15.6 Å². The van der Waals surface area contributed by atoms with E-state index >= 15 is 0 Å². The summed E-state index contributed by atoms with van der Waals surface area (Å²) in [5.74, 6) is -1.30. The van der Waals surface area contributed by atoms with Crippen LogP contribution in [0.5, 0.6) is 11.5 Å². The summed E-state index contributed by atoms with van der Waals surface area (Å²) in [4.78, 5) is 20.7. The lowest BCUT2D eigenvalue weighted by molar-refractivity contribution is -0.120. The number of carbonyl (C=O) groups excluding carboxylic acids is 2. The Labute approximate surface area is 73.7 Å². The zero-order valence-electron chi connectivity index (χ0n) is 6.56. The van der Waals surface area contributed by atoms with Crippen molar-refractivity contribution in [2.75, 3.05) is 0 Å². The van der Waals surface area contributed by atoms with Crippen LogP contribution in [-0.2, 0) is 4.79 Å². The maximum atomic E-state index is 10.7. The van der Waals surface area contributed by atoms with E-state index in [9.17, 15) is 14.7 Å². The molecule has 68 valence electrons. The molecule has 0 saturated heterocycles. The van der Waals surface area contributed by atoms with Crippen molar-refractivity contribution in [3.05, 3.63) is 23.8 Å². The molecule has 0 bridgehead atoms. The molecule has 0 radical (unpaired) electrons. The Bertz CT molecular complexity index is 348. The zero-order chi connectivity index (χ0) is 9.84. The average molecular weight is 181 g/mol. The lowest BCUT2D eigenvalue weighted by Crippen LogP contribution is -2.11. The normalized spacial score (nSPS) is 9.23. The standard InChI is InChI=1S/C8H7NO4/c9-8(12)5-2-1-3-6(7(5)11)13-4-10/h1-4,11H,(H2,9,12). The Balaban J connectivity index is 3.17. The smallest absolute Gasteiger partial charge is 0.298 e. The third-order valence-corrected chi connectivity index (χ3v) is 1.44. The van der Waals surface area contributed by atoms with E-state index in [1.54, 1.807) is 0 Å². The Hall–Kier alpha value is -2.04. The SMILES string of the molecule is NC(=O)c1cccc(OC=O)c1O. The molecule has 0 aliphatic carbocycles. The van der Waals surface area contributed by atoms with Gasteiger partial charge in [-0.3, -0.25) is 9.59 Å². The first-order valence-corrected chi connectivity index (χ1v) is 3.39. The topological polar surface area (TPSA) is 89.6 Å². The Morgan fingerprint density at radius 1 is 1.54 bits per heavy atom. The number of nitrogens with two attached hydrogens (primary N) is 1. The average Bonchev–Trinajstić information content (AvgIpc) is 2.08. The molecule has 0 saturated carbocycles. The number of primary amides is 1. The van der Waals surface area contributed by atoms with Crippen molar-refractivity contribution < 1.29 is 19.4 Å². The van der Waals surface area contributed by atoms with Crippen molar-refractivity contribution in [2.45, 2.75) is 0 Å². The van der Waals surface area contributed by atoms with E-state index in [2.05, 4.69) is 4.74 Å². The van der Waals surface area contributed by atoms with Crippen LogP contribution in [0.3, 0.4) is 0 Å². The van der Waals surface area contributed by atoms with Crippen LogP contribution in [0, 0.1) is 0 Å². The molecule has 13 heavy (non-hydrogen) atoms. The molecular formula is C8H7NO4. The van der Waals surface area contributed by atoms with E-state index in [0.717, 1.165) is 0 Å². The molecule has 0 fully saturated rings. The molecule has 0 atom stereocenters. The summed E-state index contributed by atoms with van der Waals surface area (Å²) in [7, 11) is 0. The summed E-state index contributed by atoms with van der Waals surface area (Å²) < 4.78 is 4.39. The van der Waals surface area contributed by atoms with Crippen LogP contribution in [0.1, 0.15) is 10.4 Å². The second-order valence-electron chi connectivity index (χ2n) is 2.23. The van der Waals surface area contributed by atoms with Crippen LogP contribution < -0.4 is 10.5 Å². The lowest BCUT2D eigenvalue weighted by Gasteiger charge is -2.03. The highest BCUT2D eigenvalue weighted by molar-refractivity contribution is 5.96. The highest BCUT2D eigenvalue weighted by atomic mass is 16.5. The fourth-order valence-electron chi connectivity index (χ4n) is 0.868. The van der Waals surface area contributed by atoms with Gasteiger partial charge >= 0.3 is 0 Å². The van der Waals surface area contributed by atoms with E-state index < -0.39 is 11.7 Å². The molecular weight excluding hydrogens is 174 g/mol. The van der Waals surface area contributed by atoms with Crippen LogP contribution in [0.4, 0.5) is 0 Å². The molecule has 0 unspecified atom stereocenters. The van der Waals surface area contributed by atoms with E-state index in [-0.39, 0.29) is 17.8 Å². The molecule has 3 N–H and O–H groups in total. The van der Waals surface area contributed by atoms with Gasteiger partial charge in [0.2, 0.25) is 0 Å². The second-order valence-corrected chi connectivity index (χ2v) is 2.23. The third-order valence-electron chi connectivity index (χ3n) is 1.44. The van der Waals surface area contributed by atoms with Crippen LogP contribution >= 0.6 is 0 Å². The minimum absolute atomic E-state index is 0.0839. The number of rotatable bonds is 3. The second kappa shape index (κ2) is 3.57. The Kier molecular flexibility index (Phi) is 2.49. The van der Waals surface area contributed by atoms with Gasteiger partial charge in [-0.2, -0.15) is 0 Å². The van der Waals surface area contributed by atoms with Gasteiger partial charge in [-0.05, 0) is 12.1 Å². The monoisotopic (exact) mass is 181 g/mol. The molecule has 1 rings (SSSR count). The van der Waals surface area contributed by atoms with E-state index in [0.29, 0.717) is 0 Å². The third kappa shape index (κ3) is 1.76. The molecule has 0 spiro atoms. The molecule has 1 aromatic rings. The number of phenols is 1. The van der Waals surface area contributed by atoms with Gasteiger partial charge in [0.1, 0.15) is 0 Å². The van der Waals surface area contributed by atoms with Gasteiger partial charge in [0.15, 0.2) is 11.5 Å². The fourth-order valence-corrected chi connectivity index (χ4v) is 0.868.